The molecule has 1 fully saturated rings. The van der Waals surface area contributed by atoms with Crippen molar-refractivity contribution in [1.29, 1.82) is 0 Å². The lowest BCUT2D eigenvalue weighted by molar-refractivity contribution is 0.360. The standard InChI is InChI=1S/C19H18ClN3O3S/c20-17-3-1-2-15-16(17)12-18(22-19(15)24)13-4-6-14(7-5-13)27(25,26)23-10-8-21-9-11-23/h1-7,12,21H,8-11H2,(H,22,24). The zero-order chi connectivity index (χ0) is 19.0. The van der Waals surface area contributed by atoms with E-state index in [0.29, 0.717) is 53.2 Å². The van der Waals surface area contributed by atoms with Crippen molar-refractivity contribution in [2.75, 3.05) is 26.2 Å². The van der Waals surface area contributed by atoms with Crippen molar-refractivity contribution < 1.29 is 8.42 Å². The van der Waals surface area contributed by atoms with Crippen LogP contribution in [0.15, 0.2) is 58.2 Å². The fraction of sp³-hybridized carbons (Fsp3) is 0.211. The van der Waals surface area contributed by atoms with Crippen molar-refractivity contribution >= 4 is 32.4 Å². The summed E-state index contributed by atoms with van der Waals surface area (Å²) >= 11 is 6.22. The van der Waals surface area contributed by atoms with Gasteiger partial charge < -0.3 is 10.3 Å². The zero-order valence-corrected chi connectivity index (χ0v) is 16.0. The normalized spacial score (nSPS) is 15.9. The highest BCUT2D eigenvalue weighted by molar-refractivity contribution is 7.89. The van der Waals surface area contributed by atoms with Crippen LogP contribution in [0.25, 0.3) is 22.0 Å². The Morgan fingerprint density at radius 2 is 1.67 bits per heavy atom. The van der Waals surface area contributed by atoms with Gasteiger partial charge in [-0.1, -0.05) is 29.8 Å². The molecule has 0 amide bonds. The summed E-state index contributed by atoms with van der Waals surface area (Å²) in [6, 6.07) is 13.5. The molecule has 0 bridgehead atoms. The van der Waals surface area contributed by atoms with E-state index < -0.39 is 10.0 Å². The van der Waals surface area contributed by atoms with Crippen LogP contribution in [0.2, 0.25) is 5.02 Å². The number of sulfonamides is 1. The fourth-order valence-corrected chi connectivity index (χ4v) is 4.92. The van der Waals surface area contributed by atoms with Crippen molar-refractivity contribution in [2.24, 2.45) is 0 Å². The first-order valence-corrected chi connectivity index (χ1v) is 10.4. The number of nitrogens with zero attached hydrogens (tertiary/aromatic N) is 1. The highest BCUT2D eigenvalue weighted by Gasteiger charge is 2.25. The molecule has 2 heterocycles. The van der Waals surface area contributed by atoms with E-state index in [0.717, 1.165) is 0 Å². The Labute approximate surface area is 161 Å². The maximum Gasteiger partial charge on any atom is 0.256 e. The molecule has 3 aromatic rings. The number of H-pyrrole nitrogens is 1. The monoisotopic (exact) mass is 403 g/mol. The number of hydrogen-bond acceptors (Lipinski definition) is 4. The van der Waals surface area contributed by atoms with Gasteiger partial charge in [-0.15, -0.1) is 0 Å². The smallest absolute Gasteiger partial charge is 0.256 e. The van der Waals surface area contributed by atoms with Gasteiger partial charge in [0.05, 0.1) is 4.90 Å². The molecule has 8 heteroatoms. The van der Waals surface area contributed by atoms with Crippen LogP contribution in [0.5, 0.6) is 0 Å². The van der Waals surface area contributed by atoms with Crippen LogP contribution >= 0.6 is 11.6 Å². The number of pyridine rings is 1. The van der Waals surface area contributed by atoms with E-state index in [9.17, 15) is 13.2 Å². The third-order valence-electron chi connectivity index (χ3n) is 4.71. The van der Waals surface area contributed by atoms with Gasteiger partial charge in [-0.2, -0.15) is 4.31 Å². The molecule has 0 atom stereocenters. The van der Waals surface area contributed by atoms with Gasteiger partial charge in [0, 0.05) is 47.7 Å². The zero-order valence-electron chi connectivity index (χ0n) is 14.4. The molecule has 140 valence electrons. The Morgan fingerprint density at radius 1 is 0.963 bits per heavy atom. The summed E-state index contributed by atoms with van der Waals surface area (Å²) in [6.45, 7) is 2.22. The van der Waals surface area contributed by atoms with Crippen molar-refractivity contribution in [3.8, 4) is 11.3 Å². The molecule has 27 heavy (non-hydrogen) atoms. The van der Waals surface area contributed by atoms with E-state index in [1.807, 2.05) is 0 Å². The number of nitrogens with one attached hydrogen (secondary N) is 2. The van der Waals surface area contributed by atoms with Gasteiger partial charge in [0.15, 0.2) is 0 Å². The number of aromatic nitrogens is 1. The van der Waals surface area contributed by atoms with Gasteiger partial charge in [0.1, 0.15) is 0 Å². The first kappa shape index (κ1) is 18.2. The summed E-state index contributed by atoms with van der Waals surface area (Å²) in [6.07, 6.45) is 0. The van der Waals surface area contributed by atoms with E-state index in [1.54, 1.807) is 48.5 Å². The van der Waals surface area contributed by atoms with Gasteiger partial charge in [0.2, 0.25) is 10.0 Å². The number of aromatic amines is 1. The number of fused-ring (bicyclic) bond motifs is 1. The number of benzene rings is 2. The first-order chi connectivity index (χ1) is 13.0. The molecule has 2 aromatic carbocycles. The summed E-state index contributed by atoms with van der Waals surface area (Å²) in [5.74, 6) is 0. The highest BCUT2D eigenvalue weighted by atomic mass is 35.5. The predicted molar refractivity (Wildman–Crippen MR) is 107 cm³/mol. The maximum atomic E-state index is 12.7. The number of hydrogen-bond donors (Lipinski definition) is 2. The van der Waals surface area contributed by atoms with Crippen molar-refractivity contribution in [1.82, 2.24) is 14.6 Å². The lowest BCUT2D eigenvalue weighted by Crippen LogP contribution is -2.46. The lowest BCUT2D eigenvalue weighted by atomic mass is 10.1. The topological polar surface area (TPSA) is 82.3 Å². The van der Waals surface area contributed by atoms with Crippen LogP contribution in [0, 0.1) is 0 Å². The largest absolute Gasteiger partial charge is 0.321 e. The fourth-order valence-electron chi connectivity index (χ4n) is 3.25. The van der Waals surface area contributed by atoms with Crippen LogP contribution in [0.1, 0.15) is 0 Å². The van der Waals surface area contributed by atoms with Gasteiger partial charge in [0.25, 0.3) is 5.56 Å². The average Bonchev–Trinajstić information content (AvgIpc) is 2.69. The summed E-state index contributed by atoms with van der Waals surface area (Å²) in [4.78, 5) is 15.4. The van der Waals surface area contributed by atoms with Gasteiger partial charge in [-0.3, -0.25) is 4.79 Å². The van der Waals surface area contributed by atoms with E-state index in [4.69, 9.17) is 11.6 Å². The molecule has 1 saturated heterocycles. The minimum atomic E-state index is -3.51. The third kappa shape index (κ3) is 3.39. The molecule has 1 aliphatic rings. The van der Waals surface area contributed by atoms with Crippen LogP contribution in [-0.4, -0.2) is 43.9 Å². The van der Waals surface area contributed by atoms with Crippen LogP contribution in [-0.2, 0) is 10.0 Å². The molecule has 1 aromatic heterocycles. The van der Waals surface area contributed by atoms with Gasteiger partial charge in [-0.05, 0) is 35.9 Å². The molecule has 2 N–H and O–H groups in total. The average molecular weight is 404 g/mol. The number of piperazine rings is 1. The second-order valence-corrected chi connectivity index (χ2v) is 8.74. The number of halogens is 1. The predicted octanol–water partition coefficient (Wildman–Crippen LogP) is 2.44. The molecule has 0 saturated carbocycles. The van der Waals surface area contributed by atoms with Crippen LogP contribution < -0.4 is 10.9 Å². The molecular formula is C19H18ClN3O3S. The second kappa shape index (κ2) is 7.09. The number of rotatable bonds is 3. The Bertz CT molecular complexity index is 1150. The van der Waals surface area contributed by atoms with Crippen molar-refractivity contribution in [3.05, 3.63) is 63.9 Å². The van der Waals surface area contributed by atoms with Crippen molar-refractivity contribution in [3.63, 3.8) is 0 Å². The van der Waals surface area contributed by atoms with Crippen molar-refractivity contribution in [2.45, 2.75) is 4.90 Å². The van der Waals surface area contributed by atoms with E-state index >= 15 is 0 Å². The van der Waals surface area contributed by atoms with E-state index in [2.05, 4.69) is 10.3 Å². The van der Waals surface area contributed by atoms with Crippen LogP contribution in [0.3, 0.4) is 0 Å². The molecule has 0 unspecified atom stereocenters. The Balaban J connectivity index is 1.71. The summed E-state index contributed by atoms with van der Waals surface area (Å²) in [5, 5.41) is 4.82. The van der Waals surface area contributed by atoms with E-state index in [-0.39, 0.29) is 10.5 Å². The van der Waals surface area contributed by atoms with Gasteiger partial charge in [-0.25, -0.2) is 8.42 Å². The lowest BCUT2D eigenvalue weighted by Gasteiger charge is -2.26. The summed E-state index contributed by atoms with van der Waals surface area (Å²) in [5.41, 5.74) is 1.07. The molecule has 0 spiro atoms. The highest BCUT2D eigenvalue weighted by Crippen LogP contribution is 2.26. The SMILES string of the molecule is O=c1[nH]c(-c2ccc(S(=O)(=O)N3CCNCC3)cc2)cc2c(Cl)cccc12. The second-order valence-electron chi connectivity index (χ2n) is 6.39. The third-order valence-corrected chi connectivity index (χ3v) is 6.96. The summed E-state index contributed by atoms with van der Waals surface area (Å²) in [7, 11) is -3.51. The minimum absolute atomic E-state index is 0.234. The Morgan fingerprint density at radius 3 is 2.37 bits per heavy atom. The quantitative estimate of drug-likeness (QED) is 0.703. The molecule has 0 radical (unpaired) electrons. The van der Waals surface area contributed by atoms with Crippen LogP contribution in [0.4, 0.5) is 0 Å². The minimum Gasteiger partial charge on any atom is -0.321 e. The first-order valence-electron chi connectivity index (χ1n) is 8.60. The molecular weight excluding hydrogens is 386 g/mol. The molecule has 6 nitrogen and oxygen atoms in total. The molecule has 1 aliphatic heterocycles. The molecule has 4 rings (SSSR count). The Kier molecular flexibility index (Phi) is 4.77. The Hall–Kier alpha value is -2.19. The maximum absolute atomic E-state index is 12.7. The summed E-state index contributed by atoms with van der Waals surface area (Å²) < 4.78 is 26.9. The van der Waals surface area contributed by atoms with E-state index in [1.165, 1.54) is 4.31 Å². The molecule has 0 aliphatic carbocycles. The van der Waals surface area contributed by atoms with Gasteiger partial charge >= 0.3 is 0 Å².